The smallest absolute Gasteiger partial charge is 0.264 e. The van der Waals surface area contributed by atoms with Gasteiger partial charge in [0.25, 0.3) is 15.9 Å². The van der Waals surface area contributed by atoms with E-state index in [2.05, 4.69) is 15.5 Å². The molecule has 0 aliphatic rings. The number of nitrogens with one attached hydrogen (secondary N) is 1. The van der Waals surface area contributed by atoms with E-state index in [-0.39, 0.29) is 10.6 Å². The largest absolute Gasteiger partial charge is 0.271 e. The Morgan fingerprint density at radius 2 is 1.83 bits per heavy atom. The summed E-state index contributed by atoms with van der Waals surface area (Å²) in [6.07, 6.45) is 4.55. The lowest BCUT2D eigenvalue weighted by molar-refractivity contribution is -0.119. The Kier molecular flexibility index (Phi) is 6.53. The number of hydrazone groups is 1. The zero-order chi connectivity index (χ0) is 21.6. The van der Waals surface area contributed by atoms with Gasteiger partial charge < -0.3 is 0 Å². The quantitative estimate of drug-likeness (QED) is 0.465. The standard InChI is InChI=1S/C21H19FN4O3S/c1-16-4-10-20(11-5-16)30(28,29)26(19-8-6-18(22)7-9-19)15-21(27)25-24-14-17-3-2-12-23-13-17/h2-14H,15H2,1H3,(H,25,27)/b24-14-. The zero-order valence-corrected chi connectivity index (χ0v) is 16.9. The number of nitrogens with zero attached hydrogens (tertiary/aromatic N) is 3. The summed E-state index contributed by atoms with van der Waals surface area (Å²) in [5, 5.41) is 3.82. The van der Waals surface area contributed by atoms with Crippen molar-refractivity contribution in [1.29, 1.82) is 0 Å². The van der Waals surface area contributed by atoms with Gasteiger partial charge in [-0.15, -0.1) is 0 Å². The fraction of sp³-hybridized carbons (Fsp3) is 0.0952. The first kappa shape index (κ1) is 21.1. The van der Waals surface area contributed by atoms with Crippen molar-refractivity contribution in [3.05, 3.63) is 90.0 Å². The van der Waals surface area contributed by atoms with Crippen molar-refractivity contribution >= 4 is 27.8 Å². The Labute approximate surface area is 173 Å². The average Bonchev–Trinajstić information content (AvgIpc) is 2.74. The maximum absolute atomic E-state index is 13.3. The fourth-order valence-electron chi connectivity index (χ4n) is 2.56. The Hall–Kier alpha value is -3.59. The van der Waals surface area contributed by atoms with Crippen molar-refractivity contribution in [2.45, 2.75) is 11.8 Å². The predicted octanol–water partition coefficient (Wildman–Crippen LogP) is 2.87. The molecule has 30 heavy (non-hydrogen) atoms. The number of aryl methyl sites for hydroxylation is 1. The molecule has 3 rings (SSSR count). The van der Waals surface area contributed by atoms with Gasteiger partial charge in [-0.1, -0.05) is 23.8 Å². The van der Waals surface area contributed by atoms with Gasteiger partial charge in [-0.3, -0.25) is 14.1 Å². The van der Waals surface area contributed by atoms with Crippen molar-refractivity contribution in [1.82, 2.24) is 10.4 Å². The first-order valence-corrected chi connectivity index (χ1v) is 10.4. The summed E-state index contributed by atoms with van der Waals surface area (Å²) in [6, 6.07) is 14.6. The molecule has 0 atom stereocenters. The monoisotopic (exact) mass is 426 g/mol. The Morgan fingerprint density at radius 3 is 2.47 bits per heavy atom. The van der Waals surface area contributed by atoms with Gasteiger partial charge in [0.1, 0.15) is 12.4 Å². The molecule has 7 nitrogen and oxygen atoms in total. The lowest BCUT2D eigenvalue weighted by Crippen LogP contribution is -2.39. The molecular formula is C21H19FN4O3S. The van der Waals surface area contributed by atoms with Crippen LogP contribution in [0, 0.1) is 12.7 Å². The van der Waals surface area contributed by atoms with Crippen LogP contribution in [0.2, 0.25) is 0 Å². The van der Waals surface area contributed by atoms with E-state index in [1.165, 1.54) is 30.5 Å². The number of benzene rings is 2. The number of anilines is 1. The van der Waals surface area contributed by atoms with Crippen molar-refractivity contribution in [3.63, 3.8) is 0 Å². The van der Waals surface area contributed by atoms with Crippen molar-refractivity contribution in [2.75, 3.05) is 10.8 Å². The maximum atomic E-state index is 13.3. The molecule has 154 valence electrons. The van der Waals surface area contributed by atoms with E-state index in [0.29, 0.717) is 5.56 Å². The second-order valence-electron chi connectivity index (χ2n) is 6.38. The lowest BCUT2D eigenvalue weighted by Gasteiger charge is -2.23. The number of pyridine rings is 1. The van der Waals surface area contributed by atoms with Gasteiger partial charge in [0.15, 0.2) is 0 Å². The second kappa shape index (κ2) is 9.27. The highest BCUT2D eigenvalue weighted by molar-refractivity contribution is 7.92. The van der Waals surface area contributed by atoms with Crippen molar-refractivity contribution in [3.8, 4) is 0 Å². The van der Waals surface area contributed by atoms with Gasteiger partial charge >= 0.3 is 0 Å². The van der Waals surface area contributed by atoms with Gasteiger partial charge in [-0.05, 0) is 49.4 Å². The second-order valence-corrected chi connectivity index (χ2v) is 8.24. The minimum absolute atomic E-state index is 0.0177. The number of halogens is 1. The predicted molar refractivity (Wildman–Crippen MR) is 112 cm³/mol. The summed E-state index contributed by atoms with van der Waals surface area (Å²) >= 11 is 0. The topological polar surface area (TPSA) is 91.7 Å². The van der Waals surface area contributed by atoms with Crippen LogP contribution in [0.1, 0.15) is 11.1 Å². The van der Waals surface area contributed by atoms with E-state index in [4.69, 9.17) is 0 Å². The number of amides is 1. The maximum Gasteiger partial charge on any atom is 0.264 e. The fourth-order valence-corrected chi connectivity index (χ4v) is 3.98. The summed E-state index contributed by atoms with van der Waals surface area (Å²) in [4.78, 5) is 16.3. The molecule has 0 radical (unpaired) electrons. The summed E-state index contributed by atoms with van der Waals surface area (Å²) in [7, 11) is -4.07. The van der Waals surface area contributed by atoms with Crippen LogP contribution in [-0.4, -0.2) is 32.1 Å². The minimum Gasteiger partial charge on any atom is -0.271 e. The van der Waals surface area contributed by atoms with E-state index in [9.17, 15) is 17.6 Å². The van der Waals surface area contributed by atoms with Gasteiger partial charge in [0.05, 0.1) is 16.8 Å². The molecule has 1 aromatic heterocycles. The van der Waals surface area contributed by atoms with Crippen LogP contribution < -0.4 is 9.73 Å². The third kappa shape index (κ3) is 5.26. The van der Waals surface area contributed by atoms with Crippen LogP contribution >= 0.6 is 0 Å². The van der Waals surface area contributed by atoms with E-state index in [1.54, 1.807) is 36.7 Å². The average molecular weight is 426 g/mol. The van der Waals surface area contributed by atoms with Crippen LogP contribution in [0.5, 0.6) is 0 Å². The number of hydrogen-bond acceptors (Lipinski definition) is 5. The first-order chi connectivity index (χ1) is 14.4. The molecular weight excluding hydrogens is 407 g/mol. The molecule has 0 saturated heterocycles. The van der Waals surface area contributed by atoms with Crippen molar-refractivity contribution in [2.24, 2.45) is 5.10 Å². The molecule has 0 bridgehead atoms. The first-order valence-electron chi connectivity index (χ1n) is 8.93. The number of hydrogen-bond donors (Lipinski definition) is 1. The van der Waals surface area contributed by atoms with Crippen molar-refractivity contribution < 1.29 is 17.6 Å². The molecule has 1 N–H and O–H groups in total. The summed E-state index contributed by atoms with van der Waals surface area (Å²) in [5.41, 5.74) is 4.01. The lowest BCUT2D eigenvalue weighted by atomic mass is 10.2. The van der Waals surface area contributed by atoms with Crippen LogP contribution in [-0.2, 0) is 14.8 Å². The SMILES string of the molecule is Cc1ccc(S(=O)(=O)N(CC(=O)N/N=C\c2cccnc2)c2ccc(F)cc2)cc1. The third-order valence-corrected chi connectivity index (χ3v) is 5.89. The number of rotatable bonds is 7. The van der Waals surface area contributed by atoms with Gasteiger partial charge in [0, 0.05) is 18.0 Å². The summed E-state index contributed by atoms with van der Waals surface area (Å²) < 4.78 is 40.6. The number of carbonyl (C=O) groups is 1. The summed E-state index contributed by atoms with van der Waals surface area (Å²) in [6.45, 7) is 1.30. The normalized spacial score (nSPS) is 11.4. The molecule has 9 heteroatoms. The molecule has 2 aromatic carbocycles. The molecule has 3 aromatic rings. The highest BCUT2D eigenvalue weighted by Crippen LogP contribution is 2.24. The Bertz CT molecular complexity index is 1130. The molecule has 1 amide bonds. The van der Waals surface area contributed by atoms with Crippen LogP contribution in [0.4, 0.5) is 10.1 Å². The zero-order valence-electron chi connectivity index (χ0n) is 16.1. The summed E-state index contributed by atoms with van der Waals surface area (Å²) in [5.74, 6) is -1.17. The molecule has 0 unspecified atom stereocenters. The number of sulfonamides is 1. The Balaban J connectivity index is 1.84. The molecule has 0 aliphatic heterocycles. The van der Waals surface area contributed by atoms with Gasteiger partial charge in [-0.25, -0.2) is 18.2 Å². The van der Waals surface area contributed by atoms with E-state index >= 15 is 0 Å². The van der Waals surface area contributed by atoms with E-state index < -0.39 is 28.3 Å². The molecule has 0 aliphatic carbocycles. The number of carbonyl (C=O) groups excluding carboxylic acids is 1. The van der Waals surface area contributed by atoms with Crippen LogP contribution in [0.15, 0.2) is 83.1 Å². The minimum atomic E-state index is -4.07. The third-order valence-electron chi connectivity index (χ3n) is 4.10. The molecule has 0 spiro atoms. The van der Waals surface area contributed by atoms with E-state index in [0.717, 1.165) is 22.0 Å². The number of aromatic nitrogens is 1. The van der Waals surface area contributed by atoms with E-state index in [1.807, 2.05) is 6.92 Å². The molecule has 0 saturated carbocycles. The van der Waals surface area contributed by atoms with Gasteiger partial charge in [0.2, 0.25) is 0 Å². The van der Waals surface area contributed by atoms with Gasteiger partial charge in [-0.2, -0.15) is 5.10 Å². The Morgan fingerprint density at radius 1 is 1.13 bits per heavy atom. The highest BCUT2D eigenvalue weighted by Gasteiger charge is 2.27. The molecule has 0 fully saturated rings. The molecule has 1 heterocycles. The van der Waals surface area contributed by atoms with Crippen LogP contribution in [0.3, 0.4) is 0 Å². The van der Waals surface area contributed by atoms with Crippen LogP contribution in [0.25, 0.3) is 0 Å². The highest BCUT2D eigenvalue weighted by atomic mass is 32.2.